The topological polar surface area (TPSA) is 89.3 Å². The van der Waals surface area contributed by atoms with E-state index in [-0.39, 0.29) is 26.9 Å². The first-order valence-electron chi connectivity index (χ1n) is 6.86. The monoisotopic (exact) mass is 364 g/mol. The molecule has 1 N–H and O–H groups in total. The summed E-state index contributed by atoms with van der Waals surface area (Å²) in [7, 11) is 0. The number of benzene rings is 2. The Morgan fingerprint density at radius 2 is 1.83 bits per heavy atom. The van der Waals surface area contributed by atoms with E-state index in [4.69, 9.17) is 23.2 Å². The molecule has 1 aliphatic heterocycles. The number of Topliss-reactive ketones (excluding diaryl/α,β-unsaturated/α-hetero) is 1. The number of halogens is 2. The normalized spacial score (nSPS) is 19.6. The number of fused-ring (bicyclic) bond motifs is 1. The summed E-state index contributed by atoms with van der Waals surface area (Å²) in [5.41, 5.74) is -1.16. The molecular formula is C16H10Cl2N2O4. The number of carbonyl (C=O) groups is 2. The van der Waals surface area contributed by atoms with Crippen LogP contribution in [0.2, 0.25) is 10.0 Å². The van der Waals surface area contributed by atoms with Gasteiger partial charge in [0.1, 0.15) is 5.41 Å². The highest BCUT2D eigenvalue weighted by atomic mass is 35.5. The lowest BCUT2D eigenvalue weighted by atomic mass is 9.73. The second-order valence-electron chi connectivity index (χ2n) is 5.49. The summed E-state index contributed by atoms with van der Waals surface area (Å²) in [6.45, 7) is 1.42. The number of ketones is 1. The van der Waals surface area contributed by atoms with Crippen LogP contribution < -0.4 is 5.32 Å². The van der Waals surface area contributed by atoms with Crippen LogP contribution in [0.15, 0.2) is 36.4 Å². The molecule has 0 saturated heterocycles. The van der Waals surface area contributed by atoms with E-state index in [1.807, 2.05) is 0 Å². The average molecular weight is 365 g/mol. The fourth-order valence-corrected chi connectivity index (χ4v) is 3.35. The van der Waals surface area contributed by atoms with Gasteiger partial charge in [-0.15, -0.1) is 0 Å². The molecule has 0 spiro atoms. The number of nitro groups is 1. The number of amides is 1. The Morgan fingerprint density at radius 1 is 1.12 bits per heavy atom. The average Bonchev–Trinajstić information content (AvgIpc) is 2.52. The summed E-state index contributed by atoms with van der Waals surface area (Å²) in [5.74, 6) is -1.08. The summed E-state index contributed by atoms with van der Waals surface area (Å²) >= 11 is 12.2. The van der Waals surface area contributed by atoms with E-state index >= 15 is 0 Å². The summed E-state index contributed by atoms with van der Waals surface area (Å²) in [5, 5.41) is 13.7. The fraction of sp³-hybridized carbons (Fsp3) is 0.125. The van der Waals surface area contributed by atoms with Gasteiger partial charge < -0.3 is 5.32 Å². The standard InChI is InChI=1S/C16H10Cl2N2O4/c1-16(9-6-5-8(20(23)24)7-11(9)18)14(21)13-10(17)3-2-4-12(13)19-15(16)22/h2-7H,1H3,(H,19,22). The molecule has 1 heterocycles. The zero-order valence-electron chi connectivity index (χ0n) is 12.3. The molecule has 8 heteroatoms. The molecule has 0 radical (unpaired) electrons. The number of hydrogen-bond donors (Lipinski definition) is 1. The SMILES string of the molecule is CC1(c2ccc([N+](=O)[O-])cc2Cl)C(=O)Nc2cccc(Cl)c2C1=O. The molecule has 2 aromatic carbocycles. The molecule has 0 bridgehead atoms. The van der Waals surface area contributed by atoms with Gasteiger partial charge >= 0.3 is 0 Å². The van der Waals surface area contributed by atoms with Gasteiger partial charge in [-0.3, -0.25) is 19.7 Å². The number of anilines is 1. The number of nitro benzene ring substituents is 1. The minimum absolute atomic E-state index is 0.0364. The molecule has 1 aliphatic rings. The number of rotatable bonds is 2. The van der Waals surface area contributed by atoms with Crippen LogP contribution in [0, 0.1) is 10.1 Å². The first-order chi connectivity index (χ1) is 11.3. The van der Waals surface area contributed by atoms with Crippen LogP contribution in [0.4, 0.5) is 11.4 Å². The first kappa shape index (κ1) is 16.4. The highest BCUT2D eigenvalue weighted by Gasteiger charge is 2.49. The largest absolute Gasteiger partial charge is 0.324 e. The van der Waals surface area contributed by atoms with Crippen LogP contribution >= 0.6 is 23.2 Å². The highest BCUT2D eigenvalue weighted by molar-refractivity contribution is 6.39. The van der Waals surface area contributed by atoms with Crippen molar-refractivity contribution in [2.45, 2.75) is 12.3 Å². The van der Waals surface area contributed by atoms with Gasteiger partial charge in [-0.05, 0) is 30.7 Å². The molecule has 0 saturated carbocycles. The van der Waals surface area contributed by atoms with Crippen LogP contribution in [0.3, 0.4) is 0 Å². The van der Waals surface area contributed by atoms with E-state index < -0.39 is 22.0 Å². The number of nitrogens with zero attached hydrogens (tertiary/aromatic N) is 1. The van der Waals surface area contributed by atoms with Crippen molar-refractivity contribution in [3.63, 3.8) is 0 Å². The molecule has 1 unspecified atom stereocenters. The van der Waals surface area contributed by atoms with E-state index in [9.17, 15) is 19.7 Å². The molecule has 2 aromatic rings. The smallest absolute Gasteiger partial charge is 0.270 e. The molecule has 1 amide bonds. The quantitative estimate of drug-likeness (QED) is 0.495. The van der Waals surface area contributed by atoms with Gasteiger partial charge in [-0.2, -0.15) is 0 Å². The van der Waals surface area contributed by atoms with Gasteiger partial charge in [0.25, 0.3) is 5.69 Å². The van der Waals surface area contributed by atoms with Crippen LogP contribution in [0.5, 0.6) is 0 Å². The maximum Gasteiger partial charge on any atom is 0.270 e. The molecule has 24 heavy (non-hydrogen) atoms. The number of carbonyl (C=O) groups excluding carboxylic acids is 2. The minimum atomic E-state index is -1.63. The predicted octanol–water partition coefficient (Wildman–Crippen LogP) is 3.99. The van der Waals surface area contributed by atoms with Crippen molar-refractivity contribution in [2.75, 3.05) is 5.32 Å². The molecule has 122 valence electrons. The third-order valence-corrected chi connectivity index (χ3v) is 4.73. The predicted molar refractivity (Wildman–Crippen MR) is 89.9 cm³/mol. The Kier molecular flexibility index (Phi) is 3.81. The Hall–Kier alpha value is -2.44. The molecular weight excluding hydrogens is 355 g/mol. The maximum absolute atomic E-state index is 13.0. The van der Waals surface area contributed by atoms with E-state index in [2.05, 4.69) is 5.32 Å². The summed E-state index contributed by atoms with van der Waals surface area (Å²) < 4.78 is 0. The van der Waals surface area contributed by atoms with Crippen molar-refractivity contribution < 1.29 is 14.5 Å². The Labute approximate surface area is 146 Å². The molecule has 3 rings (SSSR count). The van der Waals surface area contributed by atoms with Crippen molar-refractivity contribution in [1.82, 2.24) is 0 Å². The fourth-order valence-electron chi connectivity index (χ4n) is 2.73. The van der Waals surface area contributed by atoms with Gasteiger partial charge in [0.2, 0.25) is 5.91 Å². The van der Waals surface area contributed by atoms with E-state index in [1.54, 1.807) is 18.2 Å². The maximum atomic E-state index is 13.0. The van der Waals surface area contributed by atoms with Crippen molar-refractivity contribution in [3.8, 4) is 0 Å². The number of hydrogen-bond acceptors (Lipinski definition) is 4. The first-order valence-corrected chi connectivity index (χ1v) is 7.61. The second kappa shape index (κ2) is 5.58. The van der Waals surface area contributed by atoms with Gasteiger partial charge in [-0.25, -0.2) is 0 Å². The second-order valence-corrected chi connectivity index (χ2v) is 6.31. The van der Waals surface area contributed by atoms with Crippen LogP contribution in [0.1, 0.15) is 22.8 Å². The third-order valence-electron chi connectivity index (χ3n) is 4.10. The van der Waals surface area contributed by atoms with Crippen LogP contribution in [-0.2, 0) is 10.2 Å². The van der Waals surface area contributed by atoms with Gasteiger partial charge in [-0.1, -0.05) is 29.3 Å². The minimum Gasteiger partial charge on any atom is -0.324 e. The number of nitrogens with one attached hydrogen (secondary N) is 1. The highest BCUT2D eigenvalue weighted by Crippen LogP contribution is 2.42. The number of non-ortho nitro benzene ring substituents is 1. The van der Waals surface area contributed by atoms with Gasteiger partial charge in [0.05, 0.1) is 26.2 Å². The lowest BCUT2D eigenvalue weighted by Crippen LogP contribution is -2.48. The summed E-state index contributed by atoms with van der Waals surface area (Å²) in [6, 6.07) is 8.39. The van der Waals surface area contributed by atoms with Crippen molar-refractivity contribution in [1.29, 1.82) is 0 Å². The molecule has 0 fully saturated rings. The third kappa shape index (κ3) is 2.26. The Morgan fingerprint density at radius 3 is 2.46 bits per heavy atom. The van der Waals surface area contributed by atoms with Crippen LogP contribution in [-0.4, -0.2) is 16.6 Å². The lowest BCUT2D eigenvalue weighted by Gasteiger charge is -2.33. The van der Waals surface area contributed by atoms with E-state index in [1.165, 1.54) is 19.1 Å². The van der Waals surface area contributed by atoms with E-state index in [0.717, 1.165) is 6.07 Å². The molecule has 6 nitrogen and oxygen atoms in total. The van der Waals surface area contributed by atoms with E-state index in [0.29, 0.717) is 5.69 Å². The molecule has 1 atom stereocenters. The van der Waals surface area contributed by atoms with Gasteiger partial charge in [0, 0.05) is 12.1 Å². The van der Waals surface area contributed by atoms with Crippen molar-refractivity contribution >= 4 is 46.3 Å². The Balaban J connectivity index is 2.20. The van der Waals surface area contributed by atoms with Crippen LogP contribution in [0.25, 0.3) is 0 Å². The van der Waals surface area contributed by atoms with Crippen molar-refractivity contribution in [2.24, 2.45) is 0 Å². The lowest BCUT2D eigenvalue weighted by molar-refractivity contribution is -0.384. The zero-order chi connectivity index (χ0) is 17.6. The summed E-state index contributed by atoms with van der Waals surface area (Å²) in [4.78, 5) is 35.8. The zero-order valence-corrected chi connectivity index (χ0v) is 13.8. The van der Waals surface area contributed by atoms with Crippen molar-refractivity contribution in [3.05, 3.63) is 67.7 Å². The molecule has 0 aromatic heterocycles. The van der Waals surface area contributed by atoms with Gasteiger partial charge in [0.15, 0.2) is 5.78 Å². The summed E-state index contributed by atoms with van der Waals surface area (Å²) in [6.07, 6.45) is 0. The Bertz CT molecular complexity index is 913. The molecule has 0 aliphatic carbocycles.